The average molecular weight is 310 g/mol. The summed E-state index contributed by atoms with van der Waals surface area (Å²) in [5.41, 5.74) is 2.60. The van der Waals surface area contributed by atoms with Gasteiger partial charge in [0.1, 0.15) is 0 Å². The minimum Gasteiger partial charge on any atom is -0.375 e. The molecule has 1 N–H and O–H groups in total. The molecule has 1 aliphatic carbocycles. The van der Waals surface area contributed by atoms with Crippen LogP contribution in [0.2, 0.25) is 0 Å². The number of rotatable bonds is 4. The van der Waals surface area contributed by atoms with Gasteiger partial charge < -0.3 is 4.74 Å². The molecule has 0 saturated carbocycles. The molecule has 2 aliphatic rings. The van der Waals surface area contributed by atoms with Gasteiger partial charge in [0.25, 0.3) is 10.2 Å². The second-order valence-electron chi connectivity index (χ2n) is 6.02. The molecule has 1 fully saturated rings. The van der Waals surface area contributed by atoms with Crippen molar-refractivity contribution >= 4 is 10.2 Å². The summed E-state index contributed by atoms with van der Waals surface area (Å²) in [5, 5.41) is 0. The van der Waals surface area contributed by atoms with Crippen molar-refractivity contribution in [2.24, 2.45) is 0 Å². The molecule has 0 unspecified atom stereocenters. The smallest absolute Gasteiger partial charge is 0.279 e. The van der Waals surface area contributed by atoms with E-state index in [9.17, 15) is 8.42 Å². The van der Waals surface area contributed by atoms with Gasteiger partial charge in [-0.1, -0.05) is 24.3 Å². The number of hydrogen-bond acceptors (Lipinski definition) is 3. The van der Waals surface area contributed by atoms with Crippen LogP contribution in [0.1, 0.15) is 30.9 Å². The van der Waals surface area contributed by atoms with Crippen LogP contribution in [0.25, 0.3) is 0 Å². The molecule has 116 valence electrons. The second kappa shape index (κ2) is 5.68. The third-order valence-corrected chi connectivity index (χ3v) is 5.99. The fraction of sp³-hybridized carbons (Fsp3) is 0.600. The Bertz CT molecular complexity index is 617. The molecule has 5 nitrogen and oxygen atoms in total. The maximum Gasteiger partial charge on any atom is 0.279 e. The topological polar surface area (TPSA) is 58.6 Å². The maximum absolute atomic E-state index is 12.5. The zero-order valence-corrected chi connectivity index (χ0v) is 13.3. The molecule has 3 atom stereocenters. The van der Waals surface area contributed by atoms with Crippen molar-refractivity contribution in [3.05, 3.63) is 35.4 Å². The fourth-order valence-electron chi connectivity index (χ4n) is 3.04. The summed E-state index contributed by atoms with van der Waals surface area (Å²) in [6, 6.07) is 8.09. The van der Waals surface area contributed by atoms with Crippen LogP contribution < -0.4 is 4.72 Å². The summed E-state index contributed by atoms with van der Waals surface area (Å²) in [6.07, 6.45) is 0.899. The maximum atomic E-state index is 12.5. The van der Waals surface area contributed by atoms with Gasteiger partial charge in [-0.15, -0.1) is 0 Å². The van der Waals surface area contributed by atoms with E-state index in [2.05, 4.69) is 16.9 Å². The summed E-state index contributed by atoms with van der Waals surface area (Å²) >= 11 is 0. The van der Waals surface area contributed by atoms with E-state index in [-0.39, 0.29) is 12.1 Å². The van der Waals surface area contributed by atoms with Crippen molar-refractivity contribution in [2.75, 3.05) is 19.7 Å². The Morgan fingerprint density at radius 1 is 1.33 bits per heavy atom. The monoisotopic (exact) mass is 310 g/mol. The van der Waals surface area contributed by atoms with Crippen molar-refractivity contribution in [3.8, 4) is 0 Å². The van der Waals surface area contributed by atoms with Crippen molar-refractivity contribution in [2.45, 2.75) is 38.3 Å². The van der Waals surface area contributed by atoms with Crippen LogP contribution in [0.4, 0.5) is 0 Å². The van der Waals surface area contributed by atoms with Gasteiger partial charge in [0.05, 0.1) is 12.7 Å². The highest BCUT2D eigenvalue weighted by molar-refractivity contribution is 7.87. The van der Waals surface area contributed by atoms with Crippen LogP contribution in [0.3, 0.4) is 0 Å². The molecule has 1 saturated heterocycles. The molecule has 3 rings (SSSR count). The van der Waals surface area contributed by atoms with E-state index in [1.807, 2.05) is 26.0 Å². The number of nitrogens with zero attached hydrogens (tertiary/aromatic N) is 1. The Labute approximate surface area is 126 Å². The lowest BCUT2D eigenvalue weighted by molar-refractivity contribution is -0.0175. The highest BCUT2D eigenvalue weighted by atomic mass is 32.2. The Hall–Kier alpha value is -0.950. The number of morpholine rings is 1. The highest BCUT2D eigenvalue weighted by Crippen LogP contribution is 2.34. The van der Waals surface area contributed by atoms with E-state index < -0.39 is 10.2 Å². The highest BCUT2D eigenvalue weighted by Gasteiger charge is 2.34. The van der Waals surface area contributed by atoms with Crippen molar-refractivity contribution in [1.82, 2.24) is 9.03 Å². The summed E-state index contributed by atoms with van der Waals surface area (Å²) in [6.45, 7) is 5.12. The molecule has 0 bridgehead atoms. The molecular formula is C15H22N2O3S. The Morgan fingerprint density at radius 3 is 2.86 bits per heavy atom. The third-order valence-electron chi connectivity index (χ3n) is 4.33. The molecule has 0 radical (unpaired) electrons. The van der Waals surface area contributed by atoms with Gasteiger partial charge >= 0.3 is 0 Å². The van der Waals surface area contributed by atoms with Crippen LogP contribution in [0, 0.1) is 0 Å². The van der Waals surface area contributed by atoms with Crippen molar-refractivity contribution < 1.29 is 13.2 Å². The molecule has 0 aromatic heterocycles. The van der Waals surface area contributed by atoms with Crippen molar-refractivity contribution in [1.29, 1.82) is 0 Å². The molecule has 0 spiro atoms. The number of ether oxygens (including phenoxy) is 1. The number of benzene rings is 1. The van der Waals surface area contributed by atoms with Crippen LogP contribution in [0.5, 0.6) is 0 Å². The Balaban J connectivity index is 1.62. The molecular weight excluding hydrogens is 288 g/mol. The normalized spacial score (nSPS) is 29.7. The SMILES string of the molecule is C[C@@H]1CN(S(=O)(=O)NC[C@H]2Cc3ccccc32)[C@@H](C)CO1. The lowest BCUT2D eigenvalue weighted by atomic mass is 9.78. The molecule has 1 aromatic rings. The van der Waals surface area contributed by atoms with E-state index in [1.54, 1.807) is 0 Å². The van der Waals surface area contributed by atoms with Crippen LogP contribution in [-0.2, 0) is 21.4 Å². The van der Waals surface area contributed by atoms with E-state index in [1.165, 1.54) is 15.4 Å². The Morgan fingerprint density at radius 2 is 2.10 bits per heavy atom. The van der Waals surface area contributed by atoms with E-state index in [0.717, 1.165) is 6.42 Å². The van der Waals surface area contributed by atoms with E-state index >= 15 is 0 Å². The first-order valence-electron chi connectivity index (χ1n) is 7.43. The van der Waals surface area contributed by atoms with Crippen molar-refractivity contribution in [3.63, 3.8) is 0 Å². The van der Waals surface area contributed by atoms with Gasteiger partial charge in [-0.25, -0.2) is 4.72 Å². The molecule has 0 amide bonds. The number of fused-ring (bicyclic) bond motifs is 1. The zero-order valence-electron chi connectivity index (χ0n) is 12.5. The van der Waals surface area contributed by atoms with Crippen LogP contribution in [0.15, 0.2) is 24.3 Å². The lowest BCUT2D eigenvalue weighted by Gasteiger charge is -2.36. The summed E-state index contributed by atoms with van der Waals surface area (Å²) in [5.74, 6) is 0.296. The lowest BCUT2D eigenvalue weighted by Crippen LogP contribution is -2.54. The van der Waals surface area contributed by atoms with E-state index in [4.69, 9.17) is 4.74 Å². The molecule has 21 heavy (non-hydrogen) atoms. The van der Waals surface area contributed by atoms with Gasteiger partial charge in [0, 0.05) is 25.0 Å². The number of hydrogen-bond donors (Lipinski definition) is 1. The summed E-state index contributed by atoms with van der Waals surface area (Å²) in [7, 11) is -3.44. The summed E-state index contributed by atoms with van der Waals surface area (Å²) < 4.78 is 34.7. The zero-order chi connectivity index (χ0) is 15.0. The number of nitrogens with one attached hydrogen (secondary N) is 1. The molecule has 1 heterocycles. The third kappa shape index (κ3) is 2.99. The van der Waals surface area contributed by atoms with Crippen LogP contribution in [-0.4, -0.2) is 44.6 Å². The first-order valence-corrected chi connectivity index (χ1v) is 8.87. The quantitative estimate of drug-likeness (QED) is 0.911. The molecule has 6 heteroatoms. The Kier molecular flexibility index (Phi) is 4.05. The van der Waals surface area contributed by atoms with Gasteiger partial charge in [-0.3, -0.25) is 0 Å². The minimum atomic E-state index is -3.44. The minimum absolute atomic E-state index is 0.0535. The van der Waals surface area contributed by atoms with E-state index in [0.29, 0.717) is 25.6 Å². The van der Waals surface area contributed by atoms with Gasteiger partial charge in [-0.05, 0) is 31.4 Å². The first-order chi connectivity index (χ1) is 9.97. The predicted molar refractivity (Wildman–Crippen MR) is 81.4 cm³/mol. The summed E-state index contributed by atoms with van der Waals surface area (Å²) in [4.78, 5) is 0. The standard InChI is InChI=1S/C15H22N2O3S/c1-11-10-20-12(2)9-17(11)21(18,19)16-8-14-7-13-5-3-4-6-15(13)14/h3-6,11-12,14,16H,7-10H2,1-2H3/t11-,12+,14+/m0/s1. The molecule has 1 aliphatic heterocycles. The fourth-order valence-corrected chi connectivity index (χ4v) is 4.56. The largest absolute Gasteiger partial charge is 0.375 e. The first kappa shape index (κ1) is 15.0. The van der Waals surface area contributed by atoms with Gasteiger partial charge in [0.2, 0.25) is 0 Å². The van der Waals surface area contributed by atoms with Crippen LogP contribution >= 0.6 is 0 Å². The van der Waals surface area contributed by atoms with Gasteiger partial charge in [0.15, 0.2) is 0 Å². The predicted octanol–water partition coefficient (Wildman–Crippen LogP) is 1.27. The van der Waals surface area contributed by atoms with Gasteiger partial charge in [-0.2, -0.15) is 12.7 Å². The second-order valence-corrected chi connectivity index (χ2v) is 7.72. The molecule has 1 aromatic carbocycles. The average Bonchev–Trinajstić information content (AvgIpc) is 2.42.